The van der Waals surface area contributed by atoms with Crippen LogP contribution in [0.3, 0.4) is 0 Å². The highest BCUT2D eigenvalue weighted by molar-refractivity contribution is 5.52. The van der Waals surface area contributed by atoms with Crippen molar-refractivity contribution in [3.05, 3.63) is 59.8 Å². The number of nitrogens with one attached hydrogen (secondary N) is 2. The van der Waals surface area contributed by atoms with Gasteiger partial charge in [-0.15, -0.1) is 0 Å². The van der Waals surface area contributed by atoms with Crippen molar-refractivity contribution in [2.24, 2.45) is 0 Å². The molecule has 142 valence electrons. The molecule has 0 amide bonds. The van der Waals surface area contributed by atoms with Crippen LogP contribution in [0.25, 0.3) is 0 Å². The van der Waals surface area contributed by atoms with E-state index in [1.807, 2.05) is 13.0 Å². The van der Waals surface area contributed by atoms with Crippen molar-refractivity contribution in [1.82, 2.24) is 14.5 Å². The molecule has 1 aromatic carbocycles. The molecule has 1 heterocycles. The molecule has 0 spiro atoms. The quantitative estimate of drug-likeness (QED) is 0.732. The second-order valence-electron chi connectivity index (χ2n) is 6.81. The predicted molar refractivity (Wildman–Crippen MR) is 101 cm³/mol. The van der Waals surface area contributed by atoms with E-state index in [4.69, 9.17) is 0 Å². The third-order valence-electron chi connectivity index (χ3n) is 5.75. The number of hydrogen-bond acceptors (Lipinski definition) is 4. The number of phenolic OH excluding ortho intramolecular Hbond substituents is 1. The molecule has 0 bridgehead atoms. The van der Waals surface area contributed by atoms with Gasteiger partial charge in [0.2, 0.25) is 0 Å². The van der Waals surface area contributed by atoms with E-state index in [0.29, 0.717) is 11.1 Å². The number of aromatic amines is 2. The van der Waals surface area contributed by atoms with Gasteiger partial charge in [-0.3, -0.25) is 9.97 Å². The van der Waals surface area contributed by atoms with Crippen molar-refractivity contribution in [3.8, 4) is 5.75 Å². The summed E-state index contributed by atoms with van der Waals surface area (Å²) in [5.74, 6) is 0.213. The molecule has 7 nitrogen and oxygen atoms in total. The molecule has 0 unspecified atom stereocenters. The Morgan fingerprint density at radius 3 is 1.96 bits per heavy atom. The first kappa shape index (κ1) is 19.8. The zero-order valence-corrected chi connectivity index (χ0v) is 16.0. The summed E-state index contributed by atoms with van der Waals surface area (Å²) in [6.45, 7) is 10.0. The Bertz CT molecular complexity index is 935. The predicted octanol–water partition coefficient (Wildman–Crippen LogP) is 2.06. The topological polar surface area (TPSA) is 108 Å². The van der Waals surface area contributed by atoms with E-state index in [-0.39, 0.29) is 17.7 Å². The van der Waals surface area contributed by atoms with E-state index in [0.717, 1.165) is 35.0 Å². The molecule has 0 radical (unpaired) electrons. The average molecular weight is 361 g/mol. The van der Waals surface area contributed by atoms with Crippen molar-refractivity contribution >= 4 is 0 Å². The normalized spacial score (nSPS) is 11.7. The van der Waals surface area contributed by atoms with Crippen LogP contribution in [0.15, 0.2) is 20.4 Å². The van der Waals surface area contributed by atoms with E-state index in [2.05, 4.69) is 30.7 Å². The summed E-state index contributed by atoms with van der Waals surface area (Å²) in [4.78, 5) is 39.2. The van der Waals surface area contributed by atoms with E-state index in [9.17, 15) is 19.5 Å². The first-order valence-corrected chi connectivity index (χ1v) is 8.96. The lowest BCUT2D eigenvalue weighted by Gasteiger charge is -2.33. The molecule has 0 atom stereocenters. The fourth-order valence-corrected chi connectivity index (χ4v) is 3.74. The molecular weight excluding hydrogens is 334 g/mol. The summed E-state index contributed by atoms with van der Waals surface area (Å²) in [6.07, 6.45) is 2.72. The largest absolute Gasteiger partial charge is 0.507 e. The third kappa shape index (κ3) is 3.25. The van der Waals surface area contributed by atoms with Gasteiger partial charge in [-0.25, -0.2) is 19.0 Å². The molecular formula is C19H27N3O4. The highest BCUT2D eigenvalue weighted by atomic mass is 16.3. The number of H-pyrrole nitrogens is 2. The molecule has 0 saturated heterocycles. The Balaban J connectivity index is 2.65. The minimum absolute atomic E-state index is 0.0200. The lowest BCUT2D eigenvalue weighted by Crippen LogP contribution is -2.43. The molecule has 3 N–H and O–H groups in total. The minimum Gasteiger partial charge on any atom is -0.507 e. The minimum atomic E-state index is -0.832. The number of benzene rings is 1. The van der Waals surface area contributed by atoms with E-state index < -0.39 is 17.1 Å². The zero-order chi connectivity index (χ0) is 19.6. The Hall–Kier alpha value is -2.57. The summed E-state index contributed by atoms with van der Waals surface area (Å²) < 4.78 is 0.919. The molecule has 0 saturated carbocycles. The number of hydrogen-bond donors (Lipinski definition) is 3. The van der Waals surface area contributed by atoms with Gasteiger partial charge in [0.15, 0.2) is 0 Å². The number of nitrogens with zero attached hydrogens (tertiary/aromatic N) is 1. The lowest BCUT2D eigenvalue weighted by molar-refractivity contribution is 0.356. The fourth-order valence-electron chi connectivity index (χ4n) is 3.74. The van der Waals surface area contributed by atoms with Crippen molar-refractivity contribution in [2.75, 3.05) is 0 Å². The van der Waals surface area contributed by atoms with Crippen LogP contribution in [0.4, 0.5) is 0 Å². The SMILES string of the molecule is CCC(CC)(CC)c1cc(C)c(Cn2c(=O)[nH]c(=O)[nH]c2=O)c(C)c1O. The molecule has 7 heteroatoms. The maximum Gasteiger partial charge on any atom is 0.333 e. The van der Waals surface area contributed by atoms with Gasteiger partial charge in [0, 0.05) is 5.56 Å². The molecule has 1 aromatic heterocycles. The van der Waals surface area contributed by atoms with Crippen LogP contribution in [0, 0.1) is 13.8 Å². The van der Waals surface area contributed by atoms with Crippen LogP contribution in [0.5, 0.6) is 5.75 Å². The van der Waals surface area contributed by atoms with Gasteiger partial charge in [0.25, 0.3) is 0 Å². The molecule has 0 aliphatic rings. The summed E-state index contributed by atoms with van der Waals surface area (Å²) in [5.41, 5.74) is 0.669. The van der Waals surface area contributed by atoms with Crippen LogP contribution < -0.4 is 17.1 Å². The second-order valence-corrected chi connectivity index (χ2v) is 6.81. The Morgan fingerprint density at radius 2 is 1.50 bits per heavy atom. The average Bonchev–Trinajstić information content (AvgIpc) is 2.59. The van der Waals surface area contributed by atoms with Crippen molar-refractivity contribution < 1.29 is 5.11 Å². The van der Waals surface area contributed by atoms with Crippen LogP contribution in [-0.2, 0) is 12.0 Å². The third-order valence-corrected chi connectivity index (χ3v) is 5.75. The number of aromatic hydroxyl groups is 1. The molecule has 2 aromatic rings. The van der Waals surface area contributed by atoms with Crippen LogP contribution >= 0.6 is 0 Å². The number of rotatable bonds is 6. The maximum atomic E-state index is 12.0. The number of aryl methyl sites for hydroxylation is 1. The van der Waals surface area contributed by atoms with Crippen LogP contribution in [-0.4, -0.2) is 19.6 Å². The zero-order valence-electron chi connectivity index (χ0n) is 16.0. The van der Waals surface area contributed by atoms with Gasteiger partial charge in [-0.05, 0) is 55.2 Å². The number of phenols is 1. The summed E-state index contributed by atoms with van der Waals surface area (Å²) >= 11 is 0. The van der Waals surface area contributed by atoms with E-state index in [1.54, 1.807) is 6.92 Å². The van der Waals surface area contributed by atoms with Gasteiger partial charge in [-0.1, -0.05) is 26.8 Å². The second kappa shape index (κ2) is 7.35. The van der Waals surface area contributed by atoms with Gasteiger partial charge >= 0.3 is 17.1 Å². The maximum absolute atomic E-state index is 12.0. The molecule has 0 aliphatic carbocycles. The molecule has 0 fully saturated rings. The fraction of sp³-hybridized carbons (Fsp3) is 0.526. The molecule has 26 heavy (non-hydrogen) atoms. The first-order valence-electron chi connectivity index (χ1n) is 8.96. The van der Waals surface area contributed by atoms with Gasteiger partial charge < -0.3 is 5.11 Å². The van der Waals surface area contributed by atoms with Crippen molar-refractivity contribution in [3.63, 3.8) is 0 Å². The van der Waals surface area contributed by atoms with Gasteiger partial charge in [0.1, 0.15) is 5.75 Å². The van der Waals surface area contributed by atoms with E-state index >= 15 is 0 Å². The molecule has 0 aliphatic heterocycles. The standard InChI is InChI=1S/C19H27N3O4/c1-6-19(7-2,8-3)14-9-11(4)13(12(5)15(14)23)10-22-17(25)20-16(24)21-18(22)26/h9,23H,6-8,10H2,1-5H3,(H2,20,21,24,25,26). The Morgan fingerprint density at radius 1 is 1.00 bits per heavy atom. The Kier molecular flexibility index (Phi) is 5.59. The van der Waals surface area contributed by atoms with E-state index in [1.165, 1.54) is 0 Å². The van der Waals surface area contributed by atoms with Crippen molar-refractivity contribution in [2.45, 2.75) is 65.8 Å². The lowest BCUT2D eigenvalue weighted by atomic mass is 9.72. The molecule has 2 rings (SSSR count). The van der Waals surface area contributed by atoms with Gasteiger partial charge in [0.05, 0.1) is 6.54 Å². The highest BCUT2D eigenvalue weighted by Crippen LogP contribution is 2.42. The highest BCUT2D eigenvalue weighted by Gasteiger charge is 2.31. The first-order chi connectivity index (χ1) is 12.2. The number of aromatic nitrogens is 3. The van der Waals surface area contributed by atoms with Gasteiger partial charge in [-0.2, -0.15) is 0 Å². The summed E-state index contributed by atoms with van der Waals surface area (Å²) in [7, 11) is 0. The Labute approximate surface area is 151 Å². The van der Waals surface area contributed by atoms with Crippen LogP contribution in [0.2, 0.25) is 0 Å². The van der Waals surface area contributed by atoms with Crippen molar-refractivity contribution in [1.29, 1.82) is 0 Å². The summed E-state index contributed by atoms with van der Waals surface area (Å²) in [5, 5.41) is 10.9. The summed E-state index contributed by atoms with van der Waals surface area (Å²) in [6, 6.07) is 1.96. The smallest absolute Gasteiger partial charge is 0.333 e. The van der Waals surface area contributed by atoms with Crippen LogP contribution in [0.1, 0.15) is 62.3 Å². The monoisotopic (exact) mass is 361 g/mol.